The Morgan fingerprint density at radius 3 is 2.50 bits per heavy atom. The smallest absolute Gasteiger partial charge is 0.360 e. The Labute approximate surface area is 128 Å². The second-order valence-corrected chi connectivity index (χ2v) is 5.66. The van der Waals surface area contributed by atoms with Crippen LogP contribution in [0.1, 0.15) is 44.6 Å². The summed E-state index contributed by atoms with van der Waals surface area (Å²) in [6.07, 6.45) is 4.81. The van der Waals surface area contributed by atoms with Gasteiger partial charge in [-0.3, -0.25) is 0 Å². The second-order valence-electron chi connectivity index (χ2n) is 5.66. The fraction of sp³-hybridized carbons (Fsp3) is 0.500. The molecule has 0 aromatic heterocycles. The summed E-state index contributed by atoms with van der Waals surface area (Å²) >= 11 is 0. The molecule has 1 aromatic rings. The zero-order valence-electron chi connectivity index (χ0n) is 12.7. The zero-order valence-corrected chi connectivity index (χ0v) is 12.7. The van der Waals surface area contributed by atoms with Gasteiger partial charge in [0.05, 0.1) is 7.11 Å². The first kappa shape index (κ1) is 16.4. The molecule has 0 N–H and O–H groups in total. The Balaban J connectivity index is 2.29. The Kier molecular flexibility index (Phi) is 5.11. The van der Waals surface area contributed by atoms with E-state index < -0.39 is 23.2 Å². The molecule has 0 radical (unpaired) electrons. The fourth-order valence-electron chi connectivity index (χ4n) is 2.52. The van der Waals surface area contributed by atoms with Crippen molar-refractivity contribution in [3.8, 4) is 0 Å². The van der Waals surface area contributed by atoms with Gasteiger partial charge in [0, 0.05) is 11.6 Å². The number of ether oxygens (including phenoxy) is 1. The molecule has 0 spiro atoms. The van der Waals surface area contributed by atoms with E-state index in [1.165, 1.54) is 7.11 Å². The number of hydrogen-bond acceptors (Lipinski definition) is 4. The van der Waals surface area contributed by atoms with Crippen molar-refractivity contribution >= 4 is 11.7 Å². The minimum atomic E-state index is -0.887. The van der Waals surface area contributed by atoms with Gasteiger partial charge >= 0.3 is 5.97 Å². The van der Waals surface area contributed by atoms with E-state index in [9.17, 15) is 13.6 Å². The van der Waals surface area contributed by atoms with Crippen LogP contribution in [0.5, 0.6) is 0 Å². The van der Waals surface area contributed by atoms with Crippen LogP contribution in [0.4, 0.5) is 8.78 Å². The van der Waals surface area contributed by atoms with Crippen molar-refractivity contribution in [3.63, 3.8) is 0 Å². The summed E-state index contributed by atoms with van der Waals surface area (Å²) in [6.45, 7) is 1.91. The number of benzene rings is 1. The highest BCUT2D eigenvalue weighted by Gasteiger charge is 2.30. The Morgan fingerprint density at radius 1 is 1.23 bits per heavy atom. The van der Waals surface area contributed by atoms with Crippen molar-refractivity contribution in [1.82, 2.24) is 0 Å². The van der Waals surface area contributed by atoms with Crippen molar-refractivity contribution in [2.24, 2.45) is 5.16 Å². The highest BCUT2D eigenvalue weighted by Crippen LogP contribution is 2.31. The number of carbonyl (C=O) groups is 1. The molecule has 2 rings (SSSR count). The Hall–Kier alpha value is -1.98. The van der Waals surface area contributed by atoms with Crippen molar-refractivity contribution in [2.45, 2.75) is 44.6 Å². The molecule has 22 heavy (non-hydrogen) atoms. The predicted molar refractivity (Wildman–Crippen MR) is 77.5 cm³/mol. The van der Waals surface area contributed by atoms with E-state index in [1.807, 2.05) is 6.92 Å². The third-order valence-electron chi connectivity index (χ3n) is 3.83. The lowest BCUT2D eigenvalue weighted by Gasteiger charge is -2.31. The molecule has 1 aliphatic rings. The van der Waals surface area contributed by atoms with Crippen LogP contribution < -0.4 is 0 Å². The molecule has 120 valence electrons. The molecule has 1 fully saturated rings. The normalized spacial score (nSPS) is 17.9. The van der Waals surface area contributed by atoms with Gasteiger partial charge < -0.3 is 9.57 Å². The lowest BCUT2D eigenvalue weighted by atomic mass is 9.87. The van der Waals surface area contributed by atoms with E-state index in [0.29, 0.717) is 6.07 Å². The minimum absolute atomic E-state index is 0.146. The number of carbonyl (C=O) groups excluding carboxylic acids is 1. The minimum Gasteiger partial charge on any atom is -0.464 e. The second kappa shape index (κ2) is 6.85. The van der Waals surface area contributed by atoms with Gasteiger partial charge in [-0.15, -0.1) is 0 Å². The molecule has 6 heteroatoms. The van der Waals surface area contributed by atoms with E-state index in [-0.39, 0.29) is 11.3 Å². The molecule has 0 saturated heterocycles. The summed E-state index contributed by atoms with van der Waals surface area (Å²) < 4.78 is 31.5. The van der Waals surface area contributed by atoms with Crippen LogP contribution in [-0.4, -0.2) is 24.4 Å². The summed E-state index contributed by atoms with van der Waals surface area (Å²) in [5, 5.41) is 3.83. The maximum Gasteiger partial charge on any atom is 0.360 e. The average molecular weight is 311 g/mol. The van der Waals surface area contributed by atoms with Gasteiger partial charge in [0.2, 0.25) is 0 Å². The van der Waals surface area contributed by atoms with E-state index in [1.54, 1.807) is 0 Å². The maximum atomic E-state index is 13.9. The molecule has 0 unspecified atom stereocenters. The molecule has 1 aromatic carbocycles. The average Bonchev–Trinajstić information content (AvgIpc) is 2.49. The SMILES string of the molecule is COC(=O)/C(=N\OC1(C)CCCCC1)c1ccc(F)cc1F. The summed E-state index contributed by atoms with van der Waals surface area (Å²) in [5.74, 6) is -2.45. The van der Waals surface area contributed by atoms with Crippen molar-refractivity contribution in [1.29, 1.82) is 0 Å². The first-order valence-corrected chi connectivity index (χ1v) is 7.25. The highest BCUT2D eigenvalue weighted by atomic mass is 19.1. The number of halogens is 2. The molecular formula is C16H19F2NO3. The van der Waals surface area contributed by atoms with Crippen LogP contribution >= 0.6 is 0 Å². The Morgan fingerprint density at radius 2 is 1.91 bits per heavy atom. The molecule has 1 saturated carbocycles. The molecule has 0 amide bonds. The number of esters is 1. The monoisotopic (exact) mass is 311 g/mol. The summed E-state index contributed by atoms with van der Waals surface area (Å²) in [4.78, 5) is 17.4. The van der Waals surface area contributed by atoms with Gasteiger partial charge in [-0.1, -0.05) is 11.6 Å². The lowest BCUT2D eigenvalue weighted by molar-refractivity contribution is -0.133. The van der Waals surface area contributed by atoms with E-state index >= 15 is 0 Å². The first-order valence-electron chi connectivity index (χ1n) is 7.25. The largest absolute Gasteiger partial charge is 0.464 e. The van der Waals surface area contributed by atoms with Crippen LogP contribution in [0.15, 0.2) is 23.4 Å². The zero-order chi connectivity index (χ0) is 16.2. The number of rotatable bonds is 4. The molecule has 1 aliphatic carbocycles. The number of oxime groups is 1. The van der Waals surface area contributed by atoms with E-state index in [2.05, 4.69) is 9.89 Å². The lowest BCUT2D eigenvalue weighted by Crippen LogP contribution is -2.31. The summed E-state index contributed by atoms with van der Waals surface area (Å²) in [6, 6.07) is 2.89. The van der Waals surface area contributed by atoms with Gasteiger partial charge in [-0.2, -0.15) is 0 Å². The predicted octanol–water partition coefficient (Wildman–Crippen LogP) is 3.58. The van der Waals surface area contributed by atoms with Gasteiger partial charge in [0.25, 0.3) is 0 Å². The van der Waals surface area contributed by atoms with Crippen LogP contribution in [0.3, 0.4) is 0 Å². The summed E-state index contributed by atoms with van der Waals surface area (Å²) in [7, 11) is 1.17. The van der Waals surface area contributed by atoms with E-state index in [0.717, 1.165) is 44.2 Å². The molecule has 4 nitrogen and oxygen atoms in total. The first-order chi connectivity index (χ1) is 10.4. The number of hydrogen-bond donors (Lipinski definition) is 0. The third kappa shape index (κ3) is 3.81. The molecule has 0 aliphatic heterocycles. The van der Waals surface area contributed by atoms with Gasteiger partial charge in [0.15, 0.2) is 5.71 Å². The molecular weight excluding hydrogens is 292 g/mol. The molecule has 0 atom stereocenters. The number of methoxy groups -OCH3 is 1. The number of nitrogens with zero attached hydrogens (tertiary/aromatic N) is 1. The Bertz CT molecular complexity index is 581. The van der Waals surface area contributed by atoms with Gasteiger partial charge in [-0.25, -0.2) is 13.6 Å². The maximum absolute atomic E-state index is 13.9. The fourth-order valence-corrected chi connectivity index (χ4v) is 2.52. The van der Waals surface area contributed by atoms with E-state index in [4.69, 9.17) is 4.84 Å². The van der Waals surface area contributed by atoms with Crippen molar-refractivity contribution < 1.29 is 23.1 Å². The van der Waals surface area contributed by atoms with Crippen LogP contribution in [-0.2, 0) is 14.4 Å². The topological polar surface area (TPSA) is 47.9 Å². The van der Waals surface area contributed by atoms with Crippen LogP contribution in [0.2, 0.25) is 0 Å². The highest BCUT2D eigenvalue weighted by molar-refractivity contribution is 6.43. The third-order valence-corrected chi connectivity index (χ3v) is 3.83. The van der Waals surface area contributed by atoms with Gasteiger partial charge in [0.1, 0.15) is 17.2 Å². The van der Waals surface area contributed by atoms with Crippen LogP contribution in [0, 0.1) is 11.6 Å². The van der Waals surface area contributed by atoms with Gasteiger partial charge in [-0.05, 0) is 44.7 Å². The standard InChI is InChI=1S/C16H19F2NO3/c1-16(8-4-3-5-9-16)22-19-14(15(20)21-2)12-7-6-11(17)10-13(12)18/h6-7,10H,3-5,8-9H2,1-2H3/b19-14-. The molecule has 0 heterocycles. The van der Waals surface area contributed by atoms with Crippen LogP contribution in [0.25, 0.3) is 0 Å². The summed E-state index contributed by atoms with van der Waals surface area (Å²) in [5.41, 5.74) is -0.923. The van der Waals surface area contributed by atoms with Crippen molar-refractivity contribution in [3.05, 3.63) is 35.4 Å². The quantitative estimate of drug-likeness (QED) is 0.485. The molecule has 0 bridgehead atoms. The van der Waals surface area contributed by atoms with Crippen molar-refractivity contribution in [2.75, 3.05) is 7.11 Å².